The molecule has 0 bridgehead atoms. The van der Waals surface area contributed by atoms with Gasteiger partial charge in [-0.05, 0) is 31.1 Å². The smallest absolute Gasteiger partial charge is 0.318 e. The molecule has 1 saturated heterocycles. The van der Waals surface area contributed by atoms with Crippen molar-refractivity contribution >= 4 is 11.9 Å². The van der Waals surface area contributed by atoms with Crippen molar-refractivity contribution in [1.82, 2.24) is 0 Å². The van der Waals surface area contributed by atoms with E-state index in [1.165, 1.54) is 0 Å². The summed E-state index contributed by atoms with van der Waals surface area (Å²) in [7, 11) is 0. The van der Waals surface area contributed by atoms with Gasteiger partial charge in [0.2, 0.25) is 0 Å². The molecule has 1 aliphatic carbocycles. The summed E-state index contributed by atoms with van der Waals surface area (Å²) in [5.41, 5.74) is 0. The van der Waals surface area contributed by atoms with Crippen molar-refractivity contribution in [3.05, 3.63) is 12.2 Å². The van der Waals surface area contributed by atoms with E-state index in [-0.39, 0.29) is 29.7 Å². The lowest BCUT2D eigenvalue weighted by Crippen LogP contribution is -2.25. The van der Waals surface area contributed by atoms with Crippen LogP contribution in [0.3, 0.4) is 0 Å². The second-order valence-corrected chi connectivity index (χ2v) is 5.03. The Bertz CT molecular complexity index is 345. The van der Waals surface area contributed by atoms with Gasteiger partial charge in [0.15, 0.2) is 0 Å². The average molecular weight is 222 g/mol. The Morgan fingerprint density at radius 1 is 1.31 bits per heavy atom. The standard InChI is InChI=1S/C13H18O3/c1-4-5-9(10-6-7(10)2)11-8(3)12(14)16-13(11)15/h4-5,7-11H,6H2,1-3H3/b5-4-. The predicted molar refractivity (Wildman–Crippen MR) is 59.3 cm³/mol. The van der Waals surface area contributed by atoms with E-state index < -0.39 is 0 Å². The van der Waals surface area contributed by atoms with Gasteiger partial charge >= 0.3 is 11.9 Å². The summed E-state index contributed by atoms with van der Waals surface area (Å²) in [6.07, 6.45) is 5.19. The van der Waals surface area contributed by atoms with Crippen LogP contribution in [0.1, 0.15) is 27.2 Å². The molecule has 0 spiro atoms. The van der Waals surface area contributed by atoms with E-state index in [1.54, 1.807) is 6.92 Å². The molecule has 16 heavy (non-hydrogen) atoms. The third-order valence-corrected chi connectivity index (χ3v) is 3.88. The van der Waals surface area contributed by atoms with Crippen molar-refractivity contribution in [2.45, 2.75) is 27.2 Å². The van der Waals surface area contributed by atoms with Crippen molar-refractivity contribution in [2.24, 2.45) is 29.6 Å². The average Bonchev–Trinajstić information content (AvgIpc) is 2.88. The molecule has 0 aromatic carbocycles. The zero-order valence-corrected chi connectivity index (χ0v) is 9.97. The number of carbonyl (C=O) groups excluding carboxylic acids is 2. The molecule has 1 aliphatic heterocycles. The first-order chi connectivity index (χ1) is 7.56. The molecule has 0 amide bonds. The molecule has 88 valence electrons. The van der Waals surface area contributed by atoms with Gasteiger partial charge in [0.1, 0.15) is 0 Å². The van der Waals surface area contributed by atoms with Crippen molar-refractivity contribution in [3.8, 4) is 0 Å². The van der Waals surface area contributed by atoms with Gasteiger partial charge < -0.3 is 4.74 Å². The quantitative estimate of drug-likeness (QED) is 0.417. The van der Waals surface area contributed by atoms with E-state index in [4.69, 9.17) is 4.74 Å². The van der Waals surface area contributed by atoms with E-state index in [1.807, 2.05) is 13.0 Å². The highest BCUT2D eigenvalue weighted by atomic mass is 16.6. The molecule has 0 N–H and O–H groups in total. The minimum Gasteiger partial charge on any atom is -0.393 e. The normalized spacial score (nSPS) is 40.2. The Labute approximate surface area is 95.9 Å². The molecule has 2 aliphatic rings. The third-order valence-electron chi connectivity index (χ3n) is 3.88. The van der Waals surface area contributed by atoms with E-state index in [0.29, 0.717) is 11.8 Å². The van der Waals surface area contributed by atoms with Gasteiger partial charge in [-0.1, -0.05) is 26.0 Å². The first-order valence-corrected chi connectivity index (χ1v) is 5.94. The van der Waals surface area contributed by atoms with Crippen LogP contribution in [-0.2, 0) is 14.3 Å². The molecule has 2 fully saturated rings. The lowest BCUT2D eigenvalue weighted by molar-refractivity contribution is -0.154. The zero-order valence-electron chi connectivity index (χ0n) is 9.97. The van der Waals surface area contributed by atoms with Gasteiger partial charge in [0, 0.05) is 0 Å². The van der Waals surface area contributed by atoms with Gasteiger partial charge in [-0.2, -0.15) is 0 Å². The molecule has 1 saturated carbocycles. The van der Waals surface area contributed by atoms with Crippen LogP contribution < -0.4 is 0 Å². The van der Waals surface area contributed by atoms with E-state index in [0.717, 1.165) is 6.42 Å². The number of hydrogen-bond donors (Lipinski definition) is 0. The molecular weight excluding hydrogens is 204 g/mol. The van der Waals surface area contributed by atoms with Crippen molar-refractivity contribution in [1.29, 1.82) is 0 Å². The first kappa shape index (κ1) is 11.4. The maximum absolute atomic E-state index is 11.7. The Balaban J connectivity index is 2.19. The van der Waals surface area contributed by atoms with Crippen LogP contribution in [0.25, 0.3) is 0 Å². The molecule has 2 rings (SSSR count). The SMILES string of the molecule is C/C=C\C(C1CC1C)C1C(=O)OC(=O)C1C. The Morgan fingerprint density at radius 2 is 1.94 bits per heavy atom. The lowest BCUT2D eigenvalue weighted by Gasteiger charge is -2.19. The molecule has 0 aromatic rings. The molecule has 3 heteroatoms. The number of cyclic esters (lactones) is 2. The number of ether oxygens (including phenoxy) is 1. The third kappa shape index (κ3) is 1.79. The van der Waals surface area contributed by atoms with Crippen molar-refractivity contribution in [2.75, 3.05) is 0 Å². The van der Waals surface area contributed by atoms with Crippen LogP contribution >= 0.6 is 0 Å². The first-order valence-electron chi connectivity index (χ1n) is 5.94. The summed E-state index contributed by atoms with van der Waals surface area (Å²) in [5, 5.41) is 0. The fraction of sp³-hybridized carbons (Fsp3) is 0.692. The van der Waals surface area contributed by atoms with Crippen LogP contribution in [0, 0.1) is 29.6 Å². The van der Waals surface area contributed by atoms with Crippen LogP contribution in [0.5, 0.6) is 0 Å². The van der Waals surface area contributed by atoms with Gasteiger partial charge in [-0.25, -0.2) is 0 Å². The molecule has 3 nitrogen and oxygen atoms in total. The van der Waals surface area contributed by atoms with Gasteiger partial charge in [-0.15, -0.1) is 0 Å². The molecule has 0 radical (unpaired) electrons. The van der Waals surface area contributed by atoms with Crippen LogP contribution in [0.15, 0.2) is 12.2 Å². The summed E-state index contributed by atoms with van der Waals surface area (Å²) in [5.74, 6) is 0.130. The second kappa shape index (κ2) is 4.04. The predicted octanol–water partition coefficient (Wildman–Crippen LogP) is 2.17. The maximum atomic E-state index is 11.7. The second-order valence-electron chi connectivity index (χ2n) is 5.03. The number of esters is 2. The van der Waals surface area contributed by atoms with Crippen LogP contribution in [0.2, 0.25) is 0 Å². The highest BCUT2D eigenvalue weighted by Crippen LogP contribution is 2.50. The van der Waals surface area contributed by atoms with E-state index in [9.17, 15) is 9.59 Å². The van der Waals surface area contributed by atoms with Gasteiger partial charge in [0.05, 0.1) is 11.8 Å². The van der Waals surface area contributed by atoms with Crippen molar-refractivity contribution in [3.63, 3.8) is 0 Å². The topological polar surface area (TPSA) is 43.4 Å². The van der Waals surface area contributed by atoms with Gasteiger partial charge in [0.25, 0.3) is 0 Å². The highest BCUT2D eigenvalue weighted by Gasteiger charge is 2.51. The number of hydrogen-bond acceptors (Lipinski definition) is 3. The van der Waals surface area contributed by atoms with Gasteiger partial charge in [-0.3, -0.25) is 9.59 Å². The minimum absolute atomic E-state index is 0.175. The zero-order chi connectivity index (χ0) is 11.9. The Hall–Kier alpha value is -1.12. The Morgan fingerprint density at radius 3 is 2.31 bits per heavy atom. The van der Waals surface area contributed by atoms with Crippen LogP contribution in [0.4, 0.5) is 0 Å². The monoisotopic (exact) mass is 222 g/mol. The van der Waals surface area contributed by atoms with E-state index in [2.05, 4.69) is 13.0 Å². The molecule has 5 unspecified atom stereocenters. The Kier molecular flexibility index (Phi) is 2.87. The fourth-order valence-electron chi connectivity index (χ4n) is 2.74. The fourth-order valence-corrected chi connectivity index (χ4v) is 2.74. The summed E-state index contributed by atoms with van der Waals surface area (Å²) < 4.78 is 4.71. The molecule has 1 heterocycles. The summed E-state index contributed by atoms with van der Waals surface area (Å²) in [6, 6.07) is 0. The summed E-state index contributed by atoms with van der Waals surface area (Å²) >= 11 is 0. The lowest BCUT2D eigenvalue weighted by atomic mass is 9.80. The summed E-state index contributed by atoms with van der Waals surface area (Å²) in [6.45, 7) is 5.93. The van der Waals surface area contributed by atoms with Crippen molar-refractivity contribution < 1.29 is 14.3 Å². The molecule has 0 aromatic heterocycles. The van der Waals surface area contributed by atoms with Crippen LogP contribution in [-0.4, -0.2) is 11.9 Å². The molecule has 5 atom stereocenters. The summed E-state index contributed by atoms with van der Waals surface area (Å²) in [4.78, 5) is 23.0. The highest BCUT2D eigenvalue weighted by molar-refractivity contribution is 5.96. The van der Waals surface area contributed by atoms with E-state index >= 15 is 0 Å². The maximum Gasteiger partial charge on any atom is 0.318 e. The number of carbonyl (C=O) groups is 2. The largest absolute Gasteiger partial charge is 0.393 e. The molecular formula is C13H18O3. The number of rotatable bonds is 3. The minimum atomic E-state index is -0.363. The number of allylic oxidation sites excluding steroid dienone is 2.